The van der Waals surface area contributed by atoms with Crippen LogP contribution < -0.4 is 5.73 Å². The molecule has 1 aromatic carbocycles. The summed E-state index contributed by atoms with van der Waals surface area (Å²) >= 11 is 0. The molecule has 0 radical (unpaired) electrons. The Morgan fingerprint density at radius 1 is 1.11 bits per heavy atom. The number of hydrogen-bond donors (Lipinski definition) is 1. The summed E-state index contributed by atoms with van der Waals surface area (Å²) in [6.45, 7) is 12.2. The first-order chi connectivity index (χ1) is 8.77. The maximum Gasteiger partial charge on any atom is -0.00173 e. The highest BCUT2D eigenvalue weighted by atomic mass is 14.6. The summed E-state index contributed by atoms with van der Waals surface area (Å²) in [5, 5.41) is 0. The highest BCUT2D eigenvalue weighted by Gasteiger charge is 2.36. The van der Waals surface area contributed by atoms with Gasteiger partial charge in [0, 0.05) is 0 Å². The lowest BCUT2D eigenvalue weighted by molar-refractivity contribution is 0.144. The molecule has 106 valence electrons. The maximum atomic E-state index is 6.02. The van der Waals surface area contributed by atoms with Crippen LogP contribution in [0.2, 0.25) is 0 Å². The van der Waals surface area contributed by atoms with Crippen molar-refractivity contribution in [2.24, 2.45) is 11.1 Å². The molecule has 2 N–H and O–H groups in total. The van der Waals surface area contributed by atoms with E-state index in [2.05, 4.69) is 46.8 Å². The molecule has 0 atom stereocenters. The molecule has 1 aliphatic rings. The molecule has 1 aliphatic carbocycles. The average molecular weight is 259 g/mol. The zero-order valence-electron chi connectivity index (χ0n) is 13.3. The van der Waals surface area contributed by atoms with Crippen LogP contribution in [-0.4, -0.2) is 6.54 Å². The lowest BCUT2D eigenvalue weighted by atomic mass is 9.64. The lowest BCUT2D eigenvalue weighted by Crippen LogP contribution is -2.39. The van der Waals surface area contributed by atoms with E-state index in [4.69, 9.17) is 5.73 Å². The Hall–Kier alpha value is -0.820. The van der Waals surface area contributed by atoms with Crippen LogP contribution in [0.15, 0.2) is 12.1 Å². The Balaban J connectivity index is 2.32. The van der Waals surface area contributed by atoms with Crippen LogP contribution in [0.4, 0.5) is 0 Å². The Morgan fingerprint density at radius 2 is 1.63 bits per heavy atom. The van der Waals surface area contributed by atoms with Crippen molar-refractivity contribution in [3.05, 3.63) is 34.4 Å². The van der Waals surface area contributed by atoms with Gasteiger partial charge in [-0.25, -0.2) is 0 Å². The minimum Gasteiger partial charge on any atom is -0.330 e. The summed E-state index contributed by atoms with van der Waals surface area (Å²) in [7, 11) is 0. The molecule has 0 heterocycles. The fraction of sp³-hybridized carbons (Fsp3) is 0.667. The third kappa shape index (κ3) is 2.86. The van der Waals surface area contributed by atoms with E-state index in [1.165, 1.54) is 47.9 Å². The standard InChI is InChI=1S/C18H29N/c1-13-9-15(17(3,4)5)10-14(2)16(13)11-18(12-19)7-6-8-18/h9-10H,6-8,11-12,19H2,1-5H3. The van der Waals surface area contributed by atoms with E-state index in [0.717, 1.165) is 6.54 Å². The molecule has 0 amide bonds. The second kappa shape index (κ2) is 4.94. The Kier molecular flexibility index (Phi) is 3.79. The summed E-state index contributed by atoms with van der Waals surface area (Å²) in [6, 6.07) is 4.76. The molecule has 1 aromatic rings. The summed E-state index contributed by atoms with van der Waals surface area (Å²) in [5.41, 5.74) is 12.5. The van der Waals surface area contributed by atoms with E-state index < -0.39 is 0 Å². The van der Waals surface area contributed by atoms with Gasteiger partial charge in [-0.05, 0) is 72.7 Å². The van der Waals surface area contributed by atoms with Gasteiger partial charge in [-0.2, -0.15) is 0 Å². The van der Waals surface area contributed by atoms with Crippen molar-refractivity contribution in [2.45, 2.75) is 65.7 Å². The molecular formula is C18H29N. The van der Waals surface area contributed by atoms with Crippen LogP contribution in [0, 0.1) is 19.3 Å². The monoisotopic (exact) mass is 259 g/mol. The third-order valence-electron chi connectivity index (χ3n) is 4.96. The predicted molar refractivity (Wildman–Crippen MR) is 83.7 cm³/mol. The van der Waals surface area contributed by atoms with E-state index in [0.29, 0.717) is 5.41 Å². The van der Waals surface area contributed by atoms with Gasteiger partial charge in [0.25, 0.3) is 0 Å². The molecular weight excluding hydrogens is 230 g/mol. The molecule has 0 aliphatic heterocycles. The van der Waals surface area contributed by atoms with Crippen molar-refractivity contribution in [2.75, 3.05) is 6.54 Å². The summed E-state index contributed by atoms with van der Waals surface area (Å²) in [4.78, 5) is 0. The second-order valence-corrected chi connectivity index (χ2v) is 7.57. The zero-order valence-corrected chi connectivity index (χ0v) is 13.3. The van der Waals surface area contributed by atoms with Crippen molar-refractivity contribution in [1.82, 2.24) is 0 Å². The van der Waals surface area contributed by atoms with Crippen LogP contribution in [-0.2, 0) is 11.8 Å². The highest BCUT2D eigenvalue weighted by Crippen LogP contribution is 2.44. The van der Waals surface area contributed by atoms with Gasteiger partial charge in [-0.15, -0.1) is 0 Å². The summed E-state index contributed by atoms with van der Waals surface area (Å²) in [5.74, 6) is 0. The maximum absolute atomic E-state index is 6.02. The molecule has 0 bridgehead atoms. The van der Waals surface area contributed by atoms with Crippen molar-refractivity contribution < 1.29 is 0 Å². The number of aryl methyl sites for hydroxylation is 2. The topological polar surface area (TPSA) is 26.0 Å². The largest absolute Gasteiger partial charge is 0.330 e. The van der Waals surface area contributed by atoms with Gasteiger partial charge in [-0.1, -0.05) is 39.3 Å². The van der Waals surface area contributed by atoms with Gasteiger partial charge >= 0.3 is 0 Å². The zero-order chi connectivity index (χ0) is 14.3. The van der Waals surface area contributed by atoms with E-state index in [-0.39, 0.29) is 5.41 Å². The Bertz CT molecular complexity index is 433. The molecule has 1 saturated carbocycles. The van der Waals surface area contributed by atoms with Crippen LogP contribution in [0.3, 0.4) is 0 Å². The van der Waals surface area contributed by atoms with Gasteiger partial charge < -0.3 is 5.73 Å². The third-order valence-corrected chi connectivity index (χ3v) is 4.96. The molecule has 0 saturated heterocycles. The van der Waals surface area contributed by atoms with Crippen molar-refractivity contribution in [3.63, 3.8) is 0 Å². The number of rotatable bonds is 3. The minimum atomic E-state index is 0.232. The molecule has 1 fully saturated rings. The fourth-order valence-corrected chi connectivity index (χ4v) is 3.21. The van der Waals surface area contributed by atoms with E-state index in [1.54, 1.807) is 0 Å². The molecule has 1 nitrogen and oxygen atoms in total. The molecule has 0 spiro atoms. The summed E-state index contributed by atoms with van der Waals surface area (Å²) < 4.78 is 0. The van der Waals surface area contributed by atoms with E-state index in [1.807, 2.05) is 0 Å². The Labute approximate surface area is 118 Å². The quantitative estimate of drug-likeness (QED) is 0.862. The normalized spacial score (nSPS) is 18.2. The van der Waals surface area contributed by atoms with Gasteiger partial charge in [0.05, 0.1) is 0 Å². The average Bonchev–Trinajstić information content (AvgIpc) is 2.25. The van der Waals surface area contributed by atoms with Crippen molar-refractivity contribution in [1.29, 1.82) is 0 Å². The first kappa shape index (κ1) is 14.6. The van der Waals surface area contributed by atoms with Crippen LogP contribution >= 0.6 is 0 Å². The molecule has 0 aromatic heterocycles. The molecule has 0 unspecified atom stereocenters. The number of nitrogens with two attached hydrogens (primary N) is 1. The Morgan fingerprint density at radius 3 is 1.95 bits per heavy atom. The van der Waals surface area contributed by atoms with Crippen LogP contribution in [0.25, 0.3) is 0 Å². The molecule has 19 heavy (non-hydrogen) atoms. The number of hydrogen-bond acceptors (Lipinski definition) is 1. The second-order valence-electron chi connectivity index (χ2n) is 7.57. The number of benzene rings is 1. The summed E-state index contributed by atoms with van der Waals surface area (Å²) in [6.07, 6.45) is 5.15. The van der Waals surface area contributed by atoms with Crippen LogP contribution in [0.5, 0.6) is 0 Å². The predicted octanol–water partition coefficient (Wildman–Crippen LogP) is 4.27. The van der Waals surface area contributed by atoms with Gasteiger partial charge in [-0.3, -0.25) is 0 Å². The SMILES string of the molecule is Cc1cc(C(C)(C)C)cc(C)c1CC1(CN)CCC1. The van der Waals surface area contributed by atoms with E-state index in [9.17, 15) is 0 Å². The minimum absolute atomic E-state index is 0.232. The smallest absolute Gasteiger partial charge is 0.00173 e. The van der Waals surface area contributed by atoms with Crippen molar-refractivity contribution in [3.8, 4) is 0 Å². The fourth-order valence-electron chi connectivity index (χ4n) is 3.21. The van der Waals surface area contributed by atoms with Crippen LogP contribution in [0.1, 0.15) is 62.3 Å². The first-order valence-electron chi connectivity index (χ1n) is 7.58. The lowest BCUT2D eigenvalue weighted by Gasteiger charge is -2.42. The van der Waals surface area contributed by atoms with Gasteiger partial charge in [0.2, 0.25) is 0 Å². The molecule has 2 rings (SSSR count). The van der Waals surface area contributed by atoms with Crippen molar-refractivity contribution >= 4 is 0 Å². The van der Waals surface area contributed by atoms with Gasteiger partial charge in [0.15, 0.2) is 0 Å². The highest BCUT2D eigenvalue weighted by molar-refractivity contribution is 5.41. The van der Waals surface area contributed by atoms with E-state index >= 15 is 0 Å². The van der Waals surface area contributed by atoms with Gasteiger partial charge in [0.1, 0.15) is 0 Å². The molecule has 1 heteroatoms. The first-order valence-corrected chi connectivity index (χ1v) is 7.58.